The lowest BCUT2D eigenvalue weighted by Crippen LogP contribution is -2.30. The minimum atomic E-state index is -3.82. The molecule has 1 amide bonds. The van der Waals surface area contributed by atoms with E-state index in [2.05, 4.69) is 15.3 Å². The Hall–Kier alpha value is -2.61. The van der Waals surface area contributed by atoms with Gasteiger partial charge < -0.3 is 14.7 Å². The van der Waals surface area contributed by atoms with E-state index in [4.69, 9.17) is 4.42 Å². The smallest absolute Gasteiger partial charge is 0.236 e. The number of amides is 1. The fourth-order valence-electron chi connectivity index (χ4n) is 1.97. The van der Waals surface area contributed by atoms with Crippen LogP contribution >= 0.6 is 0 Å². The number of benzene rings is 1. The maximum absolute atomic E-state index is 12.2. The highest BCUT2D eigenvalue weighted by atomic mass is 32.2. The number of carbonyl (C=O) groups is 1. The molecule has 0 aliphatic heterocycles. The summed E-state index contributed by atoms with van der Waals surface area (Å²) in [6.45, 7) is 0.140. The van der Waals surface area contributed by atoms with Crippen LogP contribution in [0.4, 0.5) is 0 Å². The Morgan fingerprint density at radius 3 is 2.77 bits per heavy atom. The van der Waals surface area contributed by atoms with Crippen molar-refractivity contribution in [2.75, 3.05) is 5.75 Å². The molecule has 1 aromatic carbocycles. The highest BCUT2D eigenvalue weighted by Crippen LogP contribution is 2.14. The summed E-state index contributed by atoms with van der Waals surface area (Å²) >= 11 is 0. The molecule has 2 aromatic heterocycles. The first-order chi connectivity index (χ1) is 10.5. The Kier molecular flexibility index (Phi) is 3.68. The first-order valence-electron chi connectivity index (χ1n) is 6.51. The second-order valence-electron chi connectivity index (χ2n) is 4.67. The van der Waals surface area contributed by atoms with Crippen molar-refractivity contribution >= 4 is 26.8 Å². The Bertz CT molecular complexity index is 864. The molecule has 0 spiro atoms. The molecule has 0 fully saturated rings. The van der Waals surface area contributed by atoms with Crippen LogP contribution in [0.5, 0.6) is 0 Å². The number of furan rings is 1. The van der Waals surface area contributed by atoms with Crippen molar-refractivity contribution < 1.29 is 17.6 Å². The predicted molar refractivity (Wildman–Crippen MR) is 78.7 cm³/mol. The van der Waals surface area contributed by atoms with Crippen molar-refractivity contribution in [3.63, 3.8) is 0 Å². The summed E-state index contributed by atoms with van der Waals surface area (Å²) in [4.78, 5) is 18.5. The molecule has 0 aliphatic rings. The second-order valence-corrected chi connectivity index (χ2v) is 6.58. The Balaban J connectivity index is 1.71. The van der Waals surface area contributed by atoms with Crippen LogP contribution in [0.2, 0.25) is 0 Å². The third-order valence-electron chi connectivity index (χ3n) is 3.02. The minimum Gasteiger partial charge on any atom is -0.467 e. The van der Waals surface area contributed by atoms with Gasteiger partial charge in [-0.05, 0) is 24.3 Å². The summed E-state index contributed by atoms with van der Waals surface area (Å²) in [5.74, 6) is -0.737. The van der Waals surface area contributed by atoms with Crippen molar-refractivity contribution in [1.29, 1.82) is 0 Å². The number of nitrogens with one attached hydrogen (secondary N) is 2. The average molecular weight is 319 g/mol. The van der Waals surface area contributed by atoms with Crippen LogP contribution in [-0.4, -0.2) is 30.0 Å². The van der Waals surface area contributed by atoms with E-state index in [1.54, 1.807) is 36.4 Å². The van der Waals surface area contributed by atoms with Crippen molar-refractivity contribution in [2.24, 2.45) is 0 Å². The number of aromatic nitrogens is 2. The molecule has 3 aromatic rings. The molecule has 0 radical (unpaired) electrons. The first kappa shape index (κ1) is 14.3. The van der Waals surface area contributed by atoms with Gasteiger partial charge in [0.15, 0.2) is 0 Å². The van der Waals surface area contributed by atoms with Crippen molar-refractivity contribution in [2.45, 2.75) is 11.7 Å². The number of H-pyrrole nitrogens is 1. The lowest BCUT2D eigenvalue weighted by Gasteiger charge is -2.03. The number of aromatic amines is 1. The Morgan fingerprint density at radius 1 is 1.23 bits per heavy atom. The molecule has 0 aliphatic carbocycles. The van der Waals surface area contributed by atoms with Gasteiger partial charge in [-0.3, -0.25) is 4.79 Å². The van der Waals surface area contributed by atoms with Gasteiger partial charge in [-0.15, -0.1) is 0 Å². The standard InChI is InChI=1S/C14H13N3O4S/c18-13(15-8-10-4-3-7-21-10)9-22(19,20)14-16-11-5-1-2-6-12(11)17-14/h1-7H,8-9H2,(H,15,18)(H,16,17). The fourth-order valence-corrected chi connectivity index (χ4v) is 3.05. The molecule has 22 heavy (non-hydrogen) atoms. The predicted octanol–water partition coefficient (Wildman–Crippen LogP) is 1.25. The zero-order valence-corrected chi connectivity index (χ0v) is 12.3. The SMILES string of the molecule is O=C(CS(=O)(=O)c1nc2ccccc2[nH]1)NCc1ccco1. The quantitative estimate of drug-likeness (QED) is 0.736. The molecule has 0 bridgehead atoms. The normalized spacial score (nSPS) is 11.6. The van der Waals surface area contributed by atoms with Crippen LogP contribution < -0.4 is 5.32 Å². The van der Waals surface area contributed by atoms with Gasteiger partial charge in [0.25, 0.3) is 0 Å². The van der Waals surface area contributed by atoms with Crippen LogP contribution in [0.25, 0.3) is 11.0 Å². The van der Waals surface area contributed by atoms with E-state index in [1.807, 2.05) is 0 Å². The highest BCUT2D eigenvalue weighted by molar-refractivity contribution is 7.91. The number of carbonyl (C=O) groups excluding carboxylic acids is 1. The molecular weight excluding hydrogens is 306 g/mol. The lowest BCUT2D eigenvalue weighted by atomic mass is 10.3. The monoisotopic (exact) mass is 319 g/mol. The summed E-state index contributed by atoms with van der Waals surface area (Å²) in [6.07, 6.45) is 1.48. The number of sulfone groups is 1. The van der Waals surface area contributed by atoms with Crippen LogP contribution in [0.1, 0.15) is 5.76 Å². The minimum absolute atomic E-state index is 0.140. The summed E-state index contributed by atoms with van der Waals surface area (Å²) in [5, 5.41) is 2.28. The van der Waals surface area contributed by atoms with Gasteiger partial charge in [-0.2, -0.15) is 0 Å². The molecule has 0 saturated heterocycles. The van der Waals surface area contributed by atoms with Crippen LogP contribution in [-0.2, 0) is 21.2 Å². The summed E-state index contributed by atoms with van der Waals surface area (Å²) < 4.78 is 29.4. The Morgan fingerprint density at radius 2 is 2.05 bits per heavy atom. The molecule has 7 nitrogen and oxygen atoms in total. The zero-order chi connectivity index (χ0) is 15.6. The summed E-state index contributed by atoms with van der Waals surface area (Å²) in [5.41, 5.74) is 1.15. The zero-order valence-electron chi connectivity index (χ0n) is 11.4. The van der Waals surface area contributed by atoms with E-state index in [0.717, 1.165) is 0 Å². The number of para-hydroxylation sites is 2. The number of rotatable bonds is 5. The third kappa shape index (κ3) is 3.01. The van der Waals surface area contributed by atoms with E-state index < -0.39 is 21.5 Å². The van der Waals surface area contributed by atoms with Gasteiger partial charge >= 0.3 is 0 Å². The number of nitrogens with zero attached hydrogens (tertiary/aromatic N) is 1. The number of imidazole rings is 1. The van der Waals surface area contributed by atoms with Gasteiger partial charge in [0.2, 0.25) is 20.9 Å². The topological polar surface area (TPSA) is 105 Å². The van der Waals surface area contributed by atoms with Crippen molar-refractivity contribution in [1.82, 2.24) is 15.3 Å². The van der Waals surface area contributed by atoms with Crippen molar-refractivity contribution in [3.05, 3.63) is 48.4 Å². The maximum atomic E-state index is 12.2. The van der Waals surface area contributed by atoms with Gasteiger partial charge in [0.05, 0.1) is 23.8 Å². The van der Waals surface area contributed by atoms with Crippen LogP contribution in [0.15, 0.2) is 52.2 Å². The van der Waals surface area contributed by atoms with Gasteiger partial charge in [0.1, 0.15) is 11.5 Å². The van der Waals surface area contributed by atoms with E-state index in [0.29, 0.717) is 16.8 Å². The molecule has 3 rings (SSSR count). The molecular formula is C14H13N3O4S. The maximum Gasteiger partial charge on any atom is 0.236 e. The van der Waals surface area contributed by atoms with Gasteiger partial charge in [0, 0.05) is 0 Å². The van der Waals surface area contributed by atoms with Gasteiger partial charge in [-0.25, -0.2) is 13.4 Å². The van der Waals surface area contributed by atoms with E-state index in [-0.39, 0.29) is 11.7 Å². The lowest BCUT2D eigenvalue weighted by molar-refractivity contribution is -0.118. The molecule has 2 N–H and O–H groups in total. The summed E-state index contributed by atoms with van der Waals surface area (Å²) in [7, 11) is -3.82. The van der Waals surface area contributed by atoms with E-state index in [1.165, 1.54) is 6.26 Å². The number of hydrogen-bond donors (Lipinski definition) is 2. The van der Waals surface area contributed by atoms with E-state index >= 15 is 0 Å². The average Bonchev–Trinajstić information content (AvgIpc) is 3.14. The number of hydrogen-bond acceptors (Lipinski definition) is 5. The molecule has 2 heterocycles. The Labute approximate surface area is 126 Å². The third-order valence-corrected chi connectivity index (χ3v) is 4.45. The van der Waals surface area contributed by atoms with Crippen LogP contribution in [0, 0.1) is 0 Å². The second kappa shape index (κ2) is 5.64. The highest BCUT2D eigenvalue weighted by Gasteiger charge is 2.23. The largest absolute Gasteiger partial charge is 0.467 e. The summed E-state index contributed by atoms with van der Waals surface area (Å²) in [6, 6.07) is 10.3. The van der Waals surface area contributed by atoms with Gasteiger partial charge in [-0.1, -0.05) is 12.1 Å². The molecule has 0 unspecified atom stereocenters. The molecule has 114 valence electrons. The first-order valence-corrected chi connectivity index (χ1v) is 8.16. The molecule has 0 saturated carbocycles. The fraction of sp³-hybridized carbons (Fsp3) is 0.143. The molecule has 8 heteroatoms. The van der Waals surface area contributed by atoms with Crippen LogP contribution in [0.3, 0.4) is 0 Å². The van der Waals surface area contributed by atoms with Crippen molar-refractivity contribution in [3.8, 4) is 0 Å². The molecule has 0 atom stereocenters. The number of fused-ring (bicyclic) bond motifs is 1. The van der Waals surface area contributed by atoms with E-state index in [9.17, 15) is 13.2 Å².